The highest BCUT2D eigenvalue weighted by atomic mass is 16.1. The fraction of sp³-hybridized carbons (Fsp3) is 0.889. The van der Waals surface area contributed by atoms with E-state index in [0.29, 0.717) is 18.4 Å². The van der Waals surface area contributed by atoms with E-state index in [4.69, 9.17) is 0 Å². The van der Waals surface area contributed by atoms with Gasteiger partial charge in [0.2, 0.25) is 0 Å². The number of rotatable bonds is 1. The van der Waals surface area contributed by atoms with Crippen LogP contribution in [0.3, 0.4) is 0 Å². The number of hydrogen-bond acceptors (Lipinski definition) is 2. The van der Waals surface area contributed by atoms with E-state index in [-0.39, 0.29) is 5.41 Å². The van der Waals surface area contributed by atoms with Gasteiger partial charge in [0, 0.05) is 18.0 Å². The molecule has 0 bridgehead atoms. The molecule has 0 aliphatic carbocycles. The molecule has 0 atom stereocenters. The molecule has 1 fully saturated rings. The van der Waals surface area contributed by atoms with Crippen molar-refractivity contribution >= 4 is 5.78 Å². The monoisotopic (exact) mass is 155 g/mol. The normalized spacial score (nSPS) is 25.0. The van der Waals surface area contributed by atoms with Crippen LogP contribution in [-0.2, 0) is 4.79 Å². The van der Waals surface area contributed by atoms with Gasteiger partial charge in [0.1, 0.15) is 0 Å². The summed E-state index contributed by atoms with van der Waals surface area (Å²) in [6, 6.07) is 0.501. The maximum Gasteiger partial charge on any atom is 0.153 e. The molecule has 1 heterocycles. The number of carbonyl (C=O) groups is 1. The fourth-order valence-electron chi connectivity index (χ4n) is 1.42. The summed E-state index contributed by atoms with van der Waals surface area (Å²) in [7, 11) is 0. The summed E-state index contributed by atoms with van der Waals surface area (Å²) in [5, 5.41) is 0. The summed E-state index contributed by atoms with van der Waals surface area (Å²) in [6.07, 6.45) is 0. The van der Waals surface area contributed by atoms with Gasteiger partial charge in [-0.1, -0.05) is 13.8 Å². The van der Waals surface area contributed by atoms with Gasteiger partial charge in [-0.05, 0) is 13.8 Å². The second-order valence-corrected chi connectivity index (χ2v) is 4.31. The lowest BCUT2D eigenvalue weighted by atomic mass is 9.92. The molecule has 1 saturated heterocycles. The first-order chi connectivity index (χ1) is 4.93. The van der Waals surface area contributed by atoms with Crippen molar-refractivity contribution in [1.82, 2.24) is 4.90 Å². The lowest BCUT2D eigenvalue weighted by Gasteiger charge is -2.21. The minimum atomic E-state index is -0.107. The third-order valence-electron chi connectivity index (χ3n) is 2.43. The van der Waals surface area contributed by atoms with Gasteiger partial charge in [0.15, 0.2) is 5.78 Å². The van der Waals surface area contributed by atoms with E-state index in [9.17, 15) is 4.79 Å². The second-order valence-electron chi connectivity index (χ2n) is 4.31. The molecule has 0 N–H and O–H groups in total. The average molecular weight is 155 g/mol. The topological polar surface area (TPSA) is 20.3 Å². The highest BCUT2D eigenvalue weighted by Gasteiger charge is 2.38. The number of carbonyl (C=O) groups excluding carboxylic acids is 1. The molecule has 1 rings (SSSR count). The molecule has 0 amide bonds. The van der Waals surface area contributed by atoms with Crippen LogP contribution in [0.25, 0.3) is 0 Å². The highest BCUT2D eigenvalue weighted by molar-refractivity contribution is 5.88. The Kier molecular flexibility index (Phi) is 2.06. The Labute approximate surface area is 68.6 Å². The first kappa shape index (κ1) is 8.72. The van der Waals surface area contributed by atoms with Crippen molar-refractivity contribution in [3.8, 4) is 0 Å². The fourth-order valence-corrected chi connectivity index (χ4v) is 1.42. The van der Waals surface area contributed by atoms with Crippen LogP contribution in [0, 0.1) is 5.41 Å². The molecule has 11 heavy (non-hydrogen) atoms. The van der Waals surface area contributed by atoms with Gasteiger partial charge in [-0.3, -0.25) is 9.69 Å². The standard InChI is InChI=1S/C9H17NO/c1-7(2)10-5-8(11)9(3,4)6-10/h7H,5-6H2,1-4H3. The Balaban J connectivity index is 2.65. The summed E-state index contributed by atoms with van der Waals surface area (Å²) < 4.78 is 0. The van der Waals surface area contributed by atoms with Crippen LogP contribution in [0.4, 0.5) is 0 Å². The predicted octanol–water partition coefficient (Wildman–Crippen LogP) is 1.31. The minimum absolute atomic E-state index is 0.107. The van der Waals surface area contributed by atoms with Gasteiger partial charge in [-0.15, -0.1) is 0 Å². The van der Waals surface area contributed by atoms with Gasteiger partial charge in [-0.25, -0.2) is 0 Å². The zero-order chi connectivity index (χ0) is 8.65. The van der Waals surface area contributed by atoms with E-state index in [1.807, 2.05) is 13.8 Å². The smallest absolute Gasteiger partial charge is 0.153 e. The third kappa shape index (κ3) is 1.62. The van der Waals surface area contributed by atoms with E-state index in [0.717, 1.165) is 6.54 Å². The van der Waals surface area contributed by atoms with Crippen LogP contribution in [0.1, 0.15) is 27.7 Å². The van der Waals surface area contributed by atoms with Crippen LogP contribution in [0.2, 0.25) is 0 Å². The van der Waals surface area contributed by atoms with Crippen molar-refractivity contribution in [2.75, 3.05) is 13.1 Å². The molecule has 0 spiro atoms. The quantitative estimate of drug-likeness (QED) is 0.569. The van der Waals surface area contributed by atoms with Gasteiger partial charge in [-0.2, -0.15) is 0 Å². The van der Waals surface area contributed by atoms with Crippen molar-refractivity contribution < 1.29 is 4.79 Å². The average Bonchev–Trinajstić information content (AvgIpc) is 2.08. The summed E-state index contributed by atoms with van der Waals surface area (Å²) in [4.78, 5) is 13.6. The lowest BCUT2D eigenvalue weighted by molar-refractivity contribution is -0.123. The second kappa shape index (κ2) is 2.59. The Morgan fingerprint density at radius 2 is 2.00 bits per heavy atom. The molecule has 64 valence electrons. The number of Topliss-reactive ketones (excluding diaryl/α,β-unsaturated/α-hetero) is 1. The van der Waals surface area contributed by atoms with Gasteiger partial charge >= 0.3 is 0 Å². The predicted molar refractivity (Wildman–Crippen MR) is 45.5 cm³/mol. The Hall–Kier alpha value is -0.370. The lowest BCUT2D eigenvalue weighted by Crippen LogP contribution is -2.29. The molecule has 1 aliphatic rings. The third-order valence-corrected chi connectivity index (χ3v) is 2.43. The van der Waals surface area contributed by atoms with Crippen LogP contribution < -0.4 is 0 Å². The Morgan fingerprint density at radius 3 is 2.18 bits per heavy atom. The highest BCUT2D eigenvalue weighted by Crippen LogP contribution is 2.26. The van der Waals surface area contributed by atoms with Crippen LogP contribution >= 0.6 is 0 Å². The van der Waals surface area contributed by atoms with E-state index in [1.165, 1.54) is 0 Å². The van der Waals surface area contributed by atoms with E-state index >= 15 is 0 Å². The summed E-state index contributed by atoms with van der Waals surface area (Å²) in [5.41, 5.74) is -0.107. The van der Waals surface area contributed by atoms with Gasteiger partial charge < -0.3 is 0 Å². The summed E-state index contributed by atoms with van der Waals surface area (Å²) in [6.45, 7) is 9.88. The largest absolute Gasteiger partial charge is 0.298 e. The molecule has 0 aromatic heterocycles. The SMILES string of the molecule is CC(C)N1CC(=O)C(C)(C)C1. The molecule has 0 saturated carbocycles. The first-order valence-electron chi connectivity index (χ1n) is 4.21. The molecule has 0 aromatic carbocycles. The van der Waals surface area contributed by atoms with Crippen LogP contribution in [0.5, 0.6) is 0 Å². The van der Waals surface area contributed by atoms with Gasteiger partial charge in [0.05, 0.1) is 6.54 Å². The summed E-state index contributed by atoms with van der Waals surface area (Å²) in [5.74, 6) is 0.381. The maximum atomic E-state index is 11.4. The number of hydrogen-bond donors (Lipinski definition) is 0. The van der Waals surface area contributed by atoms with Crippen molar-refractivity contribution in [3.05, 3.63) is 0 Å². The molecule has 1 aliphatic heterocycles. The maximum absolute atomic E-state index is 11.4. The Morgan fingerprint density at radius 1 is 1.45 bits per heavy atom. The molecule has 0 radical (unpaired) electrons. The van der Waals surface area contributed by atoms with E-state index < -0.39 is 0 Å². The molecule has 0 unspecified atom stereocenters. The zero-order valence-electron chi connectivity index (χ0n) is 7.85. The molecule has 0 aromatic rings. The van der Waals surface area contributed by atoms with Gasteiger partial charge in [0.25, 0.3) is 0 Å². The van der Waals surface area contributed by atoms with E-state index in [1.54, 1.807) is 0 Å². The minimum Gasteiger partial charge on any atom is -0.298 e. The molecule has 2 heteroatoms. The van der Waals surface area contributed by atoms with Crippen molar-refractivity contribution in [1.29, 1.82) is 0 Å². The van der Waals surface area contributed by atoms with Crippen LogP contribution in [0.15, 0.2) is 0 Å². The molecular formula is C9H17NO. The molecule has 2 nitrogen and oxygen atoms in total. The van der Waals surface area contributed by atoms with E-state index in [2.05, 4.69) is 18.7 Å². The van der Waals surface area contributed by atoms with Crippen molar-refractivity contribution in [3.63, 3.8) is 0 Å². The number of ketones is 1. The first-order valence-corrected chi connectivity index (χ1v) is 4.21. The zero-order valence-corrected chi connectivity index (χ0v) is 7.85. The molecular weight excluding hydrogens is 138 g/mol. The summed E-state index contributed by atoms with van der Waals surface area (Å²) >= 11 is 0. The van der Waals surface area contributed by atoms with Crippen molar-refractivity contribution in [2.24, 2.45) is 5.41 Å². The Bertz CT molecular complexity index is 172. The number of nitrogens with zero attached hydrogens (tertiary/aromatic N) is 1. The van der Waals surface area contributed by atoms with Crippen molar-refractivity contribution in [2.45, 2.75) is 33.7 Å². The van der Waals surface area contributed by atoms with Crippen LogP contribution in [-0.4, -0.2) is 29.8 Å². The number of likely N-dealkylation sites (tertiary alicyclic amines) is 1.